The second kappa shape index (κ2) is 8.85. The van der Waals surface area contributed by atoms with E-state index in [1.807, 2.05) is 0 Å². The van der Waals surface area contributed by atoms with E-state index in [-0.39, 0.29) is 30.8 Å². The molecule has 0 N–H and O–H groups in total. The zero-order valence-electron chi connectivity index (χ0n) is 15.6. The lowest BCUT2D eigenvalue weighted by Gasteiger charge is -2.12. The van der Waals surface area contributed by atoms with Crippen molar-refractivity contribution >= 4 is 23.6 Å². The second-order valence-corrected chi connectivity index (χ2v) is 6.11. The van der Waals surface area contributed by atoms with E-state index in [4.69, 9.17) is 9.57 Å². The van der Waals surface area contributed by atoms with Crippen molar-refractivity contribution in [2.75, 3.05) is 6.61 Å². The predicted molar refractivity (Wildman–Crippen MR) is 102 cm³/mol. The molecule has 1 aliphatic heterocycles. The summed E-state index contributed by atoms with van der Waals surface area (Å²) in [5.74, 6) is 3.94. The number of rotatable bonds is 6. The molecule has 0 aliphatic carbocycles. The van der Waals surface area contributed by atoms with Crippen molar-refractivity contribution in [3.05, 3.63) is 65.2 Å². The van der Waals surface area contributed by atoms with Crippen LogP contribution in [0.2, 0.25) is 0 Å². The molecule has 0 radical (unpaired) electrons. The molecule has 7 heteroatoms. The van der Waals surface area contributed by atoms with E-state index < -0.39 is 17.8 Å². The highest BCUT2D eigenvalue weighted by Crippen LogP contribution is 2.18. The van der Waals surface area contributed by atoms with Crippen molar-refractivity contribution in [3.63, 3.8) is 0 Å². The van der Waals surface area contributed by atoms with Crippen LogP contribution in [0.3, 0.4) is 0 Å². The van der Waals surface area contributed by atoms with Crippen molar-refractivity contribution in [2.45, 2.75) is 19.8 Å². The van der Waals surface area contributed by atoms with Crippen molar-refractivity contribution in [3.8, 4) is 17.6 Å². The summed E-state index contributed by atoms with van der Waals surface area (Å²) in [6, 6.07) is 12.4. The van der Waals surface area contributed by atoms with Crippen LogP contribution in [0, 0.1) is 11.8 Å². The van der Waals surface area contributed by atoms with E-state index in [0.29, 0.717) is 21.9 Å². The van der Waals surface area contributed by atoms with Crippen LogP contribution in [0.5, 0.6) is 5.75 Å². The number of hydroxylamine groups is 2. The Morgan fingerprint density at radius 3 is 1.97 bits per heavy atom. The highest BCUT2D eigenvalue weighted by molar-refractivity contribution is 6.09. The molecule has 2 aromatic carbocycles. The highest BCUT2D eigenvalue weighted by Gasteiger charge is 2.33. The average Bonchev–Trinajstić information content (AvgIpc) is 3.06. The molecule has 1 saturated heterocycles. The van der Waals surface area contributed by atoms with Gasteiger partial charge in [-0.2, -0.15) is 0 Å². The molecule has 2 aromatic rings. The molecule has 0 atom stereocenters. The third-order valence-corrected chi connectivity index (χ3v) is 4.17. The van der Waals surface area contributed by atoms with Gasteiger partial charge < -0.3 is 9.57 Å². The minimum atomic E-state index is -0.843. The van der Waals surface area contributed by atoms with Crippen molar-refractivity contribution in [1.29, 1.82) is 0 Å². The number of carbonyl (C=O) groups is 4. The number of hydrogen-bond donors (Lipinski definition) is 0. The van der Waals surface area contributed by atoms with Crippen LogP contribution in [0.1, 0.15) is 46.0 Å². The SMILES string of the molecule is CC#CCOc1ccc(C(=O)c2ccc(C(=O)ON3C(=O)CCC3=O)cc2)cc1. The molecule has 1 heterocycles. The number of imide groups is 1. The third kappa shape index (κ3) is 4.68. The summed E-state index contributed by atoms with van der Waals surface area (Å²) in [5, 5.41) is 0.483. The number of hydrogen-bond acceptors (Lipinski definition) is 6. The third-order valence-electron chi connectivity index (χ3n) is 4.17. The monoisotopic (exact) mass is 391 g/mol. The Kier molecular flexibility index (Phi) is 6.05. The number of ketones is 1. The summed E-state index contributed by atoms with van der Waals surface area (Å²) in [4.78, 5) is 52.6. The summed E-state index contributed by atoms with van der Waals surface area (Å²) in [6.07, 6.45) is 0.0464. The fourth-order valence-corrected chi connectivity index (χ4v) is 2.61. The van der Waals surface area contributed by atoms with Crippen molar-refractivity contribution in [1.82, 2.24) is 5.06 Å². The standard InChI is InChI=1S/C22H17NO6/c1-2-3-14-28-18-10-8-16(9-11-18)21(26)15-4-6-17(7-5-15)22(27)29-23-19(24)12-13-20(23)25/h4-11H,12-14H2,1H3. The van der Waals surface area contributed by atoms with Crippen LogP contribution in [-0.2, 0) is 14.4 Å². The molecule has 29 heavy (non-hydrogen) atoms. The second-order valence-electron chi connectivity index (χ2n) is 6.11. The number of benzene rings is 2. The summed E-state index contributed by atoms with van der Waals surface area (Å²) in [7, 11) is 0. The summed E-state index contributed by atoms with van der Waals surface area (Å²) in [5.41, 5.74) is 0.956. The van der Waals surface area contributed by atoms with Crippen molar-refractivity contribution in [2.24, 2.45) is 0 Å². The minimum Gasteiger partial charge on any atom is -0.481 e. The summed E-state index contributed by atoms with van der Waals surface area (Å²) >= 11 is 0. The largest absolute Gasteiger partial charge is 0.481 e. The Hall–Kier alpha value is -3.92. The first-order valence-corrected chi connectivity index (χ1v) is 8.85. The van der Waals surface area contributed by atoms with Crippen LogP contribution in [0.15, 0.2) is 48.5 Å². The first kappa shape index (κ1) is 19.8. The zero-order chi connectivity index (χ0) is 20.8. The minimum absolute atomic E-state index is 0.0232. The molecular weight excluding hydrogens is 374 g/mol. The number of ether oxygens (including phenoxy) is 1. The molecule has 0 saturated carbocycles. The van der Waals surface area contributed by atoms with Gasteiger partial charge in [-0.3, -0.25) is 14.4 Å². The first-order valence-electron chi connectivity index (χ1n) is 8.85. The van der Waals surface area contributed by atoms with Gasteiger partial charge in [0.15, 0.2) is 5.78 Å². The van der Waals surface area contributed by atoms with Crippen LogP contribution in [-0.4, -0.2) is 35.2 Å². The van der Waals surface area contributed by atoms with Gasteiger partial charge in [-0.1, -0.05) is 18.1 Å². The van der Waals surface area contributed by atoms with E-state index >= 15 is 0 Å². The van der Waals surface area contributed by atoms with E-state index in [1.165, 1.54) is 24.3 Å². The van der Waals surface area contributed by atoms with E-state index in [1.54, 1.807) is 31.2 Å². The van der Waals surface area contributed by atoms with E-state index in [0.717, 1.165) is 0 Å². The number of nitrogens with zero attached hydrogens (tertiary/aromatic N) is 1. The maximum Gasteiger partial charge on any atom is 0.363 e. The Balaban J connectivity index is 1.65. The van der Waals surface area contributed by atoms with Gasteiger partial charge in [-0.15, -0.1) is 11.0 Å². The van der Waals surface area contributed by atoms with Gasteiger partial charge in [0.25, 0.3) is 11.8 Å². The van der Waals surface area contributed by atoms with Gasteiger partial charge >= 0.3 is 5.97 Å². The lowest BCUT2D eigenvalue weighted by atomic mass is 10.0. The molecule has 1 fully saturated rings. The Morgan fingerprint density at radius 1 is 0.897 bits per heavy atom. The average molecular weight is 391 g/mol. The van der Waals surface area contributed by atoms with Gasteiger partial charge in [0, 0.05) is 24.0 Å². The fourth-order valence-electron chi connectivity index (χ4n) is 2.61. The number of carbonyl (C=O) groups excluding carboxylic acids is 4. The van der Waals surface area contributed by atoms with E-state index in [9.17, 15) is 19.2 Å². The maximum atomic E-state index is 12.6. The van der Waals surface area contributed by atoms with Gasteiger partial charge in [-0.25, -0.2) is 4.79 Å². The van der Waals surface area contributed by atoms with Gasteiger partial charge in [-0.05, 0) is 43.3 Å². The Morgan fingerprint density at radius 2 is 1.41 bits per heavy atom. The van der Waals surface area contributed by atoms with Gasteiger partial charge in [0.1, 0.15) is 12.4 Å². The molecule has 0 aromatic heterocycles. The normalized spacial score (nSPS) is 12.9. The van der Waals surface area contributed by atoms with Crippen LogP contribution in [0.4, 0.5) is 0 Å². The molecule has 0 bridgehead atoms. The number of amides is 2. The highest BCUT2D eigenvalue weighted by atomic mass is 16.7. The van der Waals surface area contributed by atoms with Crippen LogP contribution in [0.25, 0.3) is 0 Å². The first-order chi connectivity index (χ1) is 14.0. The maximum absolute atomic E-state index is 12.6. The Bertz CT molecular complexity index is 996. The molecular formula is C22H17NO6. The molecule has 1 aliphatic rings. The van der Waals surface area contributed by atoms with Crippen LogP contribution >= 0.6 is 0 Å². The van der Waals surface area contributed by atoms with Crippen molar-refractivity contribution < 1.29 is 28.8 Å². The topological polar surface area (TPSA) is 90.0 Å². The molecule has 3 rings (SSSR count). The molecule has 146 valence electrons. The Labute approximate surface area is 167 Å². The zero-order valence-corrected chi connectivity index (χ0v) is 15.6. The van der Waals surface area contributed by atoms with Gasteiger partial charge in [0.2, 0.25) is 0 Å². The molecule has 0 unspecified atom stereocenters. The smallest absolute Gasteiger partial charge is 0.363 e. The lowest BCUT2D eigenvalue weighted by molar-refractivity contribution is -0.172. The van der Waals surface area contributed by atoms with Gasteiger partial charge in [0.05, 0.1) is 5.56 Å². The lowest BCUT2D eigenvalue weighted by Crippen LogP contribution is -2.32. The predicted octanol–water partition coefficient (Wildman–Crippen LogP) is 2.54. The summed E-state index contributed by atoms with van der Waals surface area (Å²) < 4.78 is 5.41. The van der Waals surface area contributed by atoms with E-state index in [2.05, 4.69) is 11.8 Å². The summed E-state index contributed by atoms with van der Waals surface area (Å²) in [6.45, 7) is 2.00. The quantitative estimate of drug-likeness (QED) is 0.427. The molecule has 7 nitrogen and oxygen atoms in total. The fraction of sp³-hybridized carbons (Fsp3) is 0.182. The molecule has 2 amide bonds. The van der Waals surface area contributed by atoms with Crippen LogP contribution < -0.4 is 4.74 Å². The molecule has 0 spiro atoms.